The highest BCUT2D eigenvalue weighted by molar-refractivity contribution is 5.82. The van der Waals surface area contributed by atoms with Crippen molar-refractivity contribution >= 4 is 5.91 Å². The molecule has 86 valence electrons. The molecule has 2 aliphatic rings. The largest absolute Gasteiger partial charge is 0.394 e. The molecule has 0 spiro atoms. The summed E-state index contributed by atoms with van der Waals surface area (Å²) in [5, 5.41) is 8.98. The van der Waals surface area contributed by atoms with Crippen molar-refractivity contribution in [2.45, 2.75) is 26.4 Å². The van der Waals surface area contributed by atoms with Crippen molar-refractivity contribution in [3.05, 3.63) is 0 Å². The topological polar surface area (TPSA) is 49.8 Å². The fraction of sp³-hybridized carbons (Fsp3) is 0.909. The number of carbonyl (C=O) groups excluding carboxylic acids is 1. The molecule has 4 nitrogen and oxygen atoms in total. The molecule has 4 heteroatoms. The maximum absolute atomic E-state index is 12.0. The van der Waals surface area contributed by atoms with Gasteiger partial charge in [-0.1, -0.05) is 13.8 Å². The molecule has 1 heterocycles. The van der Waals surface area contributed by atoms with Gasteiger partial charge < -0.3 is 14.7 Å². The fourth-order valence-electron chi connectivity index (χ4n) is 2.14. The lowest BCUT2D eigenvalue weighted by molar-refractivity contribution is -0.142. The zero-order valence-corrected chi connectivity index (χ0v) is 9.40. The van der Waals surface area contributed by atoms with Gasteiger partial charge in [0.2, 0.25) is 5.91 Å². The summed E-state index contributed by atoms with van der Waals surface area (Å²) in [7, 11) is 0. The summed E-state index contributed by atoms with van der Waals surface area (Å²) < 4.78 is 5.32. The molecule has 0 radical (unpaired) electrons. The molecule has 1 saturated heterocycles. The Balaban J connectivity index is 1.91. The van der Waals surface area contributed by atoms with Crippen LogP contribution in [0.1, 0.15) is 20.3 Å². The number of hydrogen-bond donors (Lipinski definition) is 1. The van der Waals surface area contributed by atoms with E-state index in [0.717, 1.165) is 6.42 Å². The van der Waals surface area contributed by atoms with E-state index < -0.39 is 0 Å². The quantitative estimate of drug-likeness (QED) is 0.715. The minimum atomic E-state index is -0.190. The van der Waals surface area contributed by atoms with Crippen LogP contribution in [0.4, 0.5) is 0 Å². The summed E-state index contributed by atoms with van der Waals surface area (Å²) in [6.45, 7) is 6.00. The maximum atomic E-state index is 12.0. The third-order valence-electron chi connectivity index (χ3n) is 3.47. The van der Waals surface area contributed by atoms with Gasteiger partial charge in [-0.05, 0) is 11.8 Å². The first kappa shape index (κ1) is 10.9. The lowest BCUT2D eigenvalue weighted by atomic mass is 10.1. The molecule has 0 aromatic heterocycles. The van der Waals surface area contributed by atoms with Crippen LogP contribution in [0.25, 0.3) is 0 Å². The van der Waals surface area contributed by atoms with E-state index in [-0.39, 0.29) is 30.0 Å². The van der Waals surface area contributed by atoms with Gasteiger partial charge in [-0.3, -0.25) is 4.79 Å². The monoisotopic (exact) mass is 213 g/mol. The van der Waals surface area contributed by atoms with Gasteiger partial charge in [0.1, 0.15) is 0 Å². The first-order valence-electron chi connectivity index (χ1n) is 5.56. The average Bonchev–Trinajstić information content (AvgIpc) is 2.87. The number of ether oxygens (including phenoxy) is 1. The van der Waals surface area contributed by atoms with Gasteiger partial charge in [-0.25, -0.2) is 0 Å². The highest BCUT2D eigenvalue weighted by atomic mass is 16.5. The van der Waals surface area contributed by atoms with Crippen LogP contribution < -0.4 is 0 Å². The highest BCUT2D eigenvalue weighted by Crippen LogP contribution is 2.52. The first-order valence-corrected chi connectivity index (χ1v) is 5.56. The molecule has 1 N–H and O–H groups in total. The molecule has 2 fully saturated rings. The number of nitrogens with zero attached hydrogens (tertiary/aromatic N) is 1. The Labute approximate surface area is 90.2 Å². The SMILES string of the molecule is CC1(C)CC1C(=O)N1CCOC(CO)C1. The lowest BCUT2D eigenvalue weighted by Crippen LogP contribution is -2.47. The van der Waals surface area contributed by atoms with Crippen molar-refractivity contribution in [1.29, 1.82) is 0 Å². The number of rotatable bonds is 2. The molecule has 2 atom stereocenters. The molecule has 1 saturated carbocycles. The summed E-state index contributed by atoms with van der Waals surface area (Å²) in [6, 6.07) is 0. The molecular weight excluding hydrogens is 194 g/mol. The van der Waals surface area contributed by atoms with Crippen LogP contribution in [0, 0.1) is 11.3 Å². The Morgan fingerprint density at radius 1 is 1.60 bits per heavy atom. The average molecular weight is 213 g/mol. The van der Waals surface area contributed by atoms with Crippen molar-refractivity contribution in [3.8, 4) is 0 Å². The van der Waals surface area contributed by atoms with Gasteiger partial charge >= 0.3 is 0 Å². The Bertz CT molecular complexity index is 265. The predicted molar refractivity (Wildman–Crippen MR) is 55.3 cm³/mol. The van der Waals surface area contributed by atoms with E-state index in [1.54, 1.807) is 0 Å². The van der Waals surface area contributed by atoms with Gasteiger partial charge in [0.05, 0.1) is 19.3 Å². The Kier molecular flexibility index (Phi) is 2.73. The molecule has 2 rings (SSSR count). The van der Waals surface area contributed by atoms with Gasteiger partial charge in [-0.2, -0.15) is 0 Å². The molecule has 0 aromatic rings. The smallest absolute Gasteiger partial charge is 0.226 e. The van der Waals surface area contributed by atoms with Crippen molar-refractivity contribution in [3.63, 3.8) is 0 Å². The van der Waals surface area contributed by atoms with Gasteiger partial charge in [-0.15, -0.1) is 0 Å². The highest BCUT2D eigenvalue weighted by Gasteiger charge is 2.52. The molecule has 1 amide bonds. The minimum absolute atomic E-state index is 0.00214. The zero-order chi connectivity index (χ0) is 11.1. The van der Waals surface area contributed by atoms with Crippen LogP contribution in [0.3, 0.4) is 0 Å². The zero-order valence-electron chi connectivity index (χ0n) is 9.40. The minimum Gasteiger partial charge on any atom is -0.394 e. The predicted octanol–water partition coefficient (Wildman–Crippen LogP) is 0.252. The molecule has 1 aliphatic carbocycles. The van der Waals surface area contributed by atoms with E-state index in [1.165, 1.54) is 0 Å². The third-order valence-corrected chi connectivity index (χ3v) is 3.47. The van der Waals surface area contributed by atoms with Crippen LogP contribution in [-0.4, -0.2) is 48.3 Å². The van der Waals surface area contributed by atoms with E-state index >= 15 is 0 Å². The summed E-state index contributed by atoms with van der Waals surface area (Å²) >= 11 is 0. The molecular formula is C11H19NO3. The van der Waals surface area contributed by atoms with Gasteiger partial charge in [0, 0.05) is 19.0 Å². The summed E-state index contributed by atoms with van der Waals surface area (Å²) in [5.74, 6) is 0.427. The second kappa shape index (κ2) is 3.76. The number of morpholine rings is 1. The third kappa shape index (κ3) is 2.16. The summed E-state index contributed by atoms with van der Waals surface area (Å²) in [4.78, 5) is 13.9. The van der Waals surface area contributed by atoms with Crippen LogP contribution in [0.5, 0.6) is 0 Å². The van der Waals surface area contributed by atoms with Crippen molar-refractivity contribution < 1.29 is 14.6 Å². The molecule has 0 bridgehead atoms. The van der Waals surface area contributed by atoms with Crippen molar-refractivity contribution in [2.75, 3.05) is 26.3 Å². The second-order valence-electron chi connectivity index (χ2n) is 5.20. The van der Waals surface area contributed by atoms with Crippen LogP contribution in [0.15, 0.2) is 0 Å². The fourth-order valence-corrected chi connectivity index (χ4v) is 2.14. The normalized spacial score (nSPS) is 33.9. The van der Waals surface area contributed by atoms with E-state index in [9.17, 15) is 4.79 Å². The van der Waals surface area contributed by atoms with E-state index in [2.05, 4.69) is 13.8 Å². The molecule has 0 aromatic carbocycles. The van der Waals surface area contributed by atoms with E-state index in [4.69, 9.17) is 9.84 Å². The number of amides is 1. The molecule has 2 unspecified atom stereocenters. The standard InChI is InChI=1S/C11H19NO3/c1-11(2)5-9(11)10(14)12-3-4-15-8(6-12)7-13/h8-9,13H,3-7H2,1-2H3. The number of carbonyl (C=O) groups is 1. The van der Waals surface area contributed by atoms with Crippen molar-refractivity contribution in [2.24, 2.45) is 11.3 Å². The summed E-state index contributed by atoms with van der Waals surface area (Å²) in [6.07, 6.45) is 0.803. The van der Waals surface area contributed by atoms with Crippen LogP contribution in [-0.2, 0) is 9.53 Å². The van der Waals surface area contributed by atoms with E-state index in [1.807, 2.05) is 4.90 Å². The Morgan fingerprint density at radius 3 is 2.80 bits per heavy atom. The molecule has 1 aliphatic heterocycles. The Morgan fingerprint density at radius 2 is 2.27 bits per heavy atom. The lowest BCUT2D eigenvalue weighted by Gasteiger charge is -2.32. The number of hydrogen-bond acceptors (Lipinski definition) is 3. The number of aliphatic hydroxyl groups excluding tert-OH is 1. The van der Waals surface area contributed by atoms with Gasteiger partial charge in [0.25, 0.3) is 0 Å². The van der Waals surface area contributed by atoms with Gasteiger partial charge in [0.15, 0.2) is 0 Å². The van der Waals surface area contributed by atoms with Crippen LogP contribution in [0.2, 0.25) is 0 Å². The Hall–Kier alpha value is -0.610. The van der Waals surface area contributed by atoms with Crippen LogP contribution >= 0.6 is 0 Å². The maximum Gasteiger partial charge on any atom is 0.226 e. The molecule has 15 heavy (non-hydrogen) atoms. The second-order valence-corrected chi connectivity index (χ2v) is 5.20. The number of aliphatic hydroxyl groups is 1. The first-order chi connectivity index (χ1) is 7.04. The van der Waals surface area contributed by atoms with Crippen molar-refractivity contribution in [1.82, 2.24) is 4.90 Å². The summed E-state index contributed by atoms with van der Waals surface area (Å²) in [5.41, 5.74) is 0.185. The van der Waals surface area contributed by atoms with E-state index in [0.29, 0.717) is 19.7 Å².